The number of ether oxygens (including phenoxy) is 2. The highest BCUT2D eigenvalue weighted by atomic mass is 32.2. The highest BCUT2D eigenvalue weighted by Gasteiger charge is 2.13. The van der Waals surface area contributed by atoms with Gasteiger partial charge in [0.05, 0.1) is 25.0 Å². The molecule has 108 valence electrons. The summed E-state index contributed by atoms with van der Waals surface area (Å²) in [7, 11) is 0. The molecule has 6 nitrogen and oxygen atoms in total. The molecule has 0 spiro atoms. The SMILES string of the molecule is N=C(N)c1ccnnc1Sc1ccc2c(c1)OCCCO2. The van der Waals surface area contributed by atoms with Gasteiger partial charge in [-0.25, -0.2) is 0 Å². The van der Waals surface area contributed by atoms with Crippen LogP contribution in [0.15, 0.2) is 40.4 Å². The standard InChI is InChI=1S/C14H14N4O2S/c15-13(16)10-4-5-17-18-14(10)21-9-2-3-11-12(8-9)20-7-1-6-19-11/h2-5,8H,1,6-7H2,(H3,15,16). The van der Waals surface area contributed by atoms with E-state index in [2.05, 4.69) is 10.2 Å². The highest BCUT2D eigenvalue weighted by Crippen LogP contribution is 2.36. The fourth-order valence-corrected chi connectivity index (χ4v) is 2.82. The van der Waals surface area contributed by atoms with Gasteiger partial charge in [-0.1, -0.05) is 11.8 Å². The molecule has 0 atom stereocenters. The third-order valence-electron chi connectivity index (χ3n) is 2.91. The van der Waals surface area contributed by atoms with Crippen LogP contribution in [0.2, 0.25) is 0 Å². The summed E-state index contributed by atoms with van der Waals surface area (Å²) in [4.78, 5) is 0.933. The lowest BCUT2D eigenvalue weighted by molar-refractivity contribution is 0.297. The Labute approximate surface area is 126 Å². The van der Waals surface area contributed by atoms with Crippen LogP contribution in [0.4, 0.5) is 0 Å². The van der Waals surface area contributed by atoms with Gasteiger partial charge in [-0.2, -0.15) is 5.10 Å². The van der Waals surface area contributed by atoms with Crippen LogP contribution in [0.1, 0.15) is 12.0 Å². The largest absolute Gasteiger partial charge is 0.490 e. The molecule has 2 heterocycles. The summed E-state index contributed by atoms with van der Waals surface area (Å²) in [5, 5.41) is 16.1. The monoisotopic (exact) mass is 302 g/mol. The number of nitrogens with two attached hydrogens (primary N) is 1. The fourth-order valence-electron chi connectivity index (χ4n) is 1.92. The maximum absolute atomic E-state index is 7.57. The Balaban J connectivity index is 1.89. The lowest BCUT2D eigenvalue weighted by Crippen LogP contribution is -2.13. The van der Waals surface area contributed by atoms with Crippen LogP contribution < -0.4 is 15.2 Å². The number of hydrogen-bond acceptors (Lipinski definition) is 6. The Morgan fingerprint density at radius 1 is 1.19 bits per heavy atom. The zero-order valence-corrected chi connectivity index (χ0v) is 12.0. The second-order valence-corrected chi connectivity index (χ2v) is 5.49. The minimum atomic E-state index is -0.0262. The van der Waals surface area contributed by atoms with Gasteiger partial charge in [0, 0.05) is 11.3 Å². The van der Waals surface area contributed by atoms with Crippen molar-refractivity contribution in [1.29, 1.82) is 5.41 Å². The van der Waals surface area contributed by atoms with E-state index < -0.39 is 0 Å². The molecule has 3 rings (SSSR count). The van der Waals surface area contributed by atoms with Crippen LogP contribution in [0.5, 0.6) is 11.5 Å². The number of hydrogen-bond donors (Lipinski definition) is 2. The highest BCUT2D eigenvalue weighted by molar-refractivity contribution is 7.99. The molecule has 0 amide bonds. The van der Waals surface area contributed by atoms with Gasteiger partial charge in [0.1, 0.15) is 10.9 Å². The summed E-state index contributed by atoms with van der Waals surface area (Å²) in [6, 6.07) is 7.40. The smallest absolute Gasteiger partial charge is 0.162 e. The molecular weight excluding hydrogens is 288 g/mol. The molecule has 1 aliphatic rings. The summed E-state index contributed by atoms with van der Waals surface area (Å²) in [6.07, 6.45) is 2.39. The van der Waals surface area contributed by atoms with Gasteiger partial charge >= 0.3 is 0 Å². The van der Waals surface area contributed by atoms with Crippen molar-refractivity contribution in [3.63, 3.8) is 0 Å². The summed E-state index contributed by atoms with van der Waals surface area (Å²) >= 11 is 1.39. The molecule has 1 aliphatic heterocycles. The van der Waals surface area contributed by atoms with Crippen LogP contribution in [-0.2, 0) is 0 Å². The van der Waals surface area contributed by atoms with Crippen LogP contribution in [0.25, 0.3) is 0 Å². The number of nitrogens with one attached hydrogen (secondary N) is 1. The Bertz CT molecular complexity index is 678. The minimum absolute atomic E-state index is 0.0262. The fraction of sp³-hybridized carbons (Fsp3) is 0.214. The molecule has 0 bridgehead atoms. The van der Waals surface area contributed by atoms with Gasteiger partial charge in [-0.3, -0.25) is 5.41 Å². The zero-order chi connectivity index (χ0) is 14.7. The number of nitrogens with zero attached hydrogens (tertiary/aromatic N) is 2. The molecular formula is C14H14N4O2S. The third kappa shape index (κ3) is 3.08. The van der Waals surface area contributed by atoms with Crippen molar-refractivity contribution in [1.82, 2.24) is 10.2 Å². The predicted octanol–water partition coefficient (Wildman–Crippen LogP) is 2.07. The second kappa shape index (κ2) is 6.01. The Morgan fingerprint density at radius 3 is 2.81 bits per heavy atom. The molecule has 7 heteroatoms. The first-order chi connectivity index (χ1) is 10.2. The van der Waals surface area contributed by atoms with Crippen molar-refractivity contribution in [3.05, 3.63) is 36.0 Å². The number of fused-ring (bicyclic) bond motifs is 1. The normalized spacial score (nSPS) is 13.5. The van der Waals surface area contributed by atoms with Gasteiger partial charge in [0.15, 0.2) is 11.5 Å². The molecule has 21 heavy (non-hydrogen) atoms. The number of rotatable bonds is 3. The van der Waals surface area contributed by atoms with E-state index in [1.807, 2.05) is 18.2 Å². The predicted molar refractivity (Wildman–Crippen MR) is 79.2 cm³/mol. The van der Waals surface area contributed by atoms with Crippen molar-refractivity contribution < 1.29 is 9.47 Å². The molecule has 2 aromatic rings. The average molecular weight is 302 g/mol. The summed E-state index contributed by atoms with van der Waals surface area (Å²) < 4.78 is 11.3. The molecule has 0 aliphatic carbocycles. The van der Waals surface area contributed by atoms with E-state index in [-0.39, 0.29) is 5.84 Å². The van der Waals surface area contributed by atoms with E-state index in [1.54, 1.807) is 6.07 Å². The maximum Gasteiger partial charge on any atom is 0.162 e. The third-order valence-corrected chi connectivity index (χ3v) is 3.90. The number of nitrogen functional groups attached to an aromatic ring is 1. The van der Waals surface area contributed by atoms with Gasteiger partial charge < -0.3 is 15.2 Å². The number of aromatic nitrogens is 2. The molecule has 1 aromatic heterocycles. The quantitative estimate of drug-likeness (QED) is 0.666. The van der Waals surface area contributed by atoms with Crippen molar-refractivity contribution >= 4 is 17.6 Å². The van der Waals surface area contributed by atoms with Crippen LogP contribution in [0, 0.1) is 5.41 Å². The van der Waals surface area contributed by atoms with Crippen LogP contribution in [-0.4, -0.2) is 29.2 Å². The first-order valence-corrected chi connectivity index (χ1v) is 7.29. The minimum Gasteiger partial charge on any atom is -0.490 e. The lowest BCUT2D eigenvalue weighted by Gasteiger charge is -2.09. The molecule has 0 radical (unpaired) electrons. The molecule has 1 aromatic carbocycles. The zero-order valence-electron chi connectivity index (χ0n) is 11.2. The average Bonchev–Trinajstić information content (AvgIpc) is 2.72. The summed E-state index contributed by atoms with van der Waals surface area (Å²) in [6.45, 7) is 1.31. The summed E-state index contributed by atoms with van der Waals surface area (Å²) in [5.74, 6) is 1.45. The van der Waals surface area contributed by atoms with E-state index in [4.69, 9.17) is 20.6 Å². The van der Waals surface area contributed by atoms with Crippen molar-refractivity contribution in [3.8, 4) is 11.5 Å². The van der Waals surface area contributed by atoms with E-state index in [0.29, 0.717) is 23.8 Å². The number of benzene rings is 1. The van der Waals surface area contributed by atoms with E-state index >= 15 is 0 Å². The van der Waals surface area contributed by atoms with E-state index in [1.165, 1.54) is 18.0 Å². The van der Waals surface area contributed by atoms with Crippen LogP contribution >= 0.6 is 11.8 Å². The Morgan fingerprint density at radius 2 is 2.00 bits per heavy atom. The van der Waals surface area contributed by atoms with Gasteiger partial charge in [0.2, 0.25) is 0 Å². The number of amidine groups is 1. The van der Waals surface area contributed by atoms with E-state index in [0.717, 1.165) is 22.8 Å². The molecule has 3 N–H and O–H groups in total. The van der Waals surface area contributed by atoms with Gasteiger partial charge in [-0.05, 0) is 24.3 Å². The topological polar surface area (TPSA) is 94.1 Å². The Hall–Kier alpha value is -2.28. The van der Waals surface area contributed by atoms with Crippen molar-refractivity contribution in [2.24, 2.45) is 5.73 Å². The van der Waals surface area contributed by atoms with Crippen LogP contribution in [0.3, 0.4) is 0 Å². The first kappa shape index (κ1) is 13.7. The Kier molecular flexibility index (Phi) is 3.92. The van der Waals surface area contributed by atoms with Crippen molar-refractivity contribution in [2.45, 2.75) is 16.3 Å². The second-order valence-electron chi connectivity index (χ2n) is 4.42. The molecule has 0 saturated carbocycles. The molecule has 0 fully saturated rings. The summed E-state index contributed by atoms with van der Waals surface area (Å²) in [5.41, 5.74) is 6.13. The van der Waals surface area contributed by atoms with E-state index in [9.17, 15) is 0 Å². The van der Waals surface area contributed by atoms with Gasteiger partial charge in [-0.15, -0.1) is 5.10 Å². The first-order valence-electron chi connectivity index (χ1n) is 6.47. The maximum atomic E-state index is 7.57. The van der Waals surface area contributed by atoms with Crippen molar-refractivity contribution in [2.75, 3.05) is 13.2 Å². The van der Waals surface area contributed by atoms with Gasteiger partial charge in [0.25, 0.3) is 0 Å². The molecule has 0 unspecified atom stereocenters. The lowest BCUT2D eigenvalue weighted by atomic mass is 10.3. The molecule has 0 saturated heterocycles.